The number of carbonyl (C=O) groups is 1. The lowest BCUT2D eigenvalue weighted by molar-refractivity contribution is -0.121. The Hall–Kier alpha value is -4.40. The third kappa shape index (κ3) is 4.98. The van der Waals surface area contributed by atoms with E-state index in [2.05, 4.69) is 15.5 Å². The third-order valence-corrected chi connectivity index (χ3v) is 5.24. The van der Waals surface area contributed by atoms with Gasteiger partial charge in [-0.2, -0.15) is 4.98 Å². The van der Waals surface area contributed by atoms with E-state index in [0.717, 1.165) is 11.1 Å². The molecule has 9 nitrogen and oxygen atoms in total. The number of amides is 1. The Morgan fingerprint density at radius 2 is 1.82 bits per heavy atom. The summed E-state index contributed by atoms with van der Waals surface area (Å²) in [5, 5.41) is 6.81. The number of methoxy groups -OCH3 is 2. The van der Waals surface area contributed by atoms with Crippen LogP contribution in [0, 0.1) is 6.92 Å². The van der Waals surface area contributed by atoms with E-state index < -0.39 is 5.56 Å². The van der Waals surface area contributed by atoms with E-state index in [1.54, 1.807) is 43.6 Å². The highest BCUT2D eigenvalue weighted by molar-refractivity contribution is 5.75. The highest BCUT2D eigenvalue weighted by Gasteiger charge is 2.17. The van der Waals surface area contributed by atoms with Crippen LogP contribution in [0.5, 0.6) is 11.5 Å². The van der Waals surface area contributed by atoms with Crippen molar-refractivity contribution in [1.29, 1.82) is 0 Å². The molecule has 0 saturated heterocycles. The van der Waals surface area contributed by atoms with E-state index in [1.165, 1.54) is 11.7 Å². The van der Waals surface area contributed by atoms with Crippen molar-refractivity contribution in [2.75, 3.05) is 14.2 Å². The quantitative estimate of drug-likeness (QED) is 0.430. The largest absolute Gasteiger partial charge is 0.493 e. The molecule has 4 rings (SSSR count). The highest BCUT2D eigenvalue weighted by atomic mass is 16.5. The van der Waals surface area contributed by atoms with Gasteiger partial charge in [0, 0.05) is 18.3 Å². The first-order chi connectivity index (χ1) is 16.5. The van der Waals surface area contributed by atoms with Crippen LogP contribution in [-0.4, -0.2) is 34.8 Å². The van der Waals surface area contributed by atoms with Gasteiger partial charge in [-0.25, -0.2) is 0 Å². The van der Waals surface area contributed by atoms with E-state index in [9.17, 15) is 9.59 Å². The zero-order valence-corrected chi connectivity index (χ0v) is 19.1. The first-order valence-electron chi connectivity index (χ1n) is 10.6. The summed E-state index contributed by atoms with van der Waals surface area (Å²) in [4.78, 5) is 29.7. The van der Waals surface area contributed by atoms with Crippen LogP contribution < -0.4 is 20.3 Å². The van der Waals surface area contributed by atoms with Crippen molar-refractivity contribution in [3.8, 4) is 34.3 Å². The molecule has 1 amide bonds. The lowest BCUT2D eigenvalue weighted by Crippen LogP contribution is -2.32. The van der Waals surface area contributed by atoms with Gasteiger partial charge in [0.25, 0.3) is 11.4 Å². The molecule has 0 aliphatic carbocycles. The summed E-state index contributed by atoms with van der Waals surface area (Å²) < 4.78 is 17.2. The smallest absolute Gasteiger partial charge is 0.263 e. The van der Waals surface area contributed by atoms with E-state index in [4.69, 9.17) is 14.0 Å². The molecule has 2 aromatic heterocycles. The Balaban J connectivity index is 1.50. The molecule has 0 fully saturated rings. The molecular formula is C25H24N4O5. The van der Waals surface area contributed by atoms with Crippen molar-refractivity contribution in [3.63, 3.8) is 0 Å². The standard InChI is InChI=1S/C25H24N4O5/c1-16-6-8-17(9-7-16)14-26-22(30)15-29-12-4-5-19(25(29)31)24-27-23(28-34-24)18-10-11-20(32-2)21(13-18)33-3/h4-13H,14-15H2,1-3H3,(H,26,30). The maximum absolute atomic E-state index is 13.0. The molecule has 0 spiro atoms. The zero-order valence-electron chi connectivity index (χ0n) is 19.1. The molecule has 0 saturated carbocycles. The number of benzene rings is 2. The van der Waals surface area contributed by atoms with Gasteiger partial charge in [0.1, 0.15) is 12.1 Å². The van der Waals surface area contributed by atoms with Crippen LogP contribution in [0.1, 0.15) is 11.1 Å². The summed E-state index contributed by atoms with van der Waals surface area (Å²) in [6, 6.07) is 16.3. The average Bonchev–Trinajstić information content (AvgIpc) is 3.34. The minimum atomic E-state index is -0.407. The van der Waals surface area contributed by atoms with Crippen LogP contribution in [0.25, 0.3) is 22.8 Å². The Morgan fingerprint density at radius 3 is 2.56 bits per heavy atom. The second kappa shape index (κ2) is 10.0. The molecule has 2 aromatic carbocycles. The van der Waals surface area contributed by atoms with Crippen molar-refractivity contribution in [2.24, 2.45) is 0 Å². The lowest BCUT2D eigenvalue weighted by atomic mass is 10.1. The summed E-state index contributed by atoms with van der Waals surface area (Å²) in [6.45, 7) is 2.25. The monoisotopic (exact) mass is 460 g/mol. The Morgan fingerprint density at radius 1 is 1.06 bits per heavy atom. The Kier molecular flexibility index (Phi) is 6.72. The summed E-state index contributed by atoms with van der Waals surface area (Å²) in [5.41, 5.74) is 2.56. The number of hydrogen-bond acceptors (Lipinski definition) is 7. The predicted octanol–water partition coefficient (Wildman–Crippen LogP) is 3.21. The van der Waals surface area contributed by atoms with Crippen LogP contribution in [0.4, 0.5) is 0 Å². The maximum Gasteiger partial charge on any atom is 0.263 e. The molecule has 34 heavy (non-hydrogen) atoms. The van der Waals surface area contributed by atoms with Gasteiger partial charge in [0.2, 0.25) is 11.7 Å². The van der Waals surface area contributed by atoms with Gasteiger partial charge in [-0.3, -0.25) is 9.59 Å². The lowest BCUT2D eigenvalue weighted by Gasteiger charge is -2.08. The maximum atomic E-state index is 13.0. The fraction of sp³-hybridized carbons (Fsp3) is 0.200. The summed E-state index contributed by atoms with van der Waals surface area (Å²) in [7, 11) is 3.08. The van der Waals surface area contributed by atoms with Crippen molar-refractivity contribution in [3.05, 3.63) is 82.3 Å². The summed E-state index contributed by atoms with van der Waals surface area (Å²) >= 11 is 0. The normalized spacial score (nSPS) is 10.7. The first kappa shape index (κ1) is 22.8. The minimum absolute atomic E-state index is 0.0594. The molecule has 0 radical (unpaired) electrons. The number of carbonyl (C=O) groups excluding carboxylic acids is 1. The first-order valence-corrected chi connectivity index (χ1v) is 10.6. The SMILES string of the molecule is COc1ccc(-c2noc(-c3cccn(CC(=O)NCc4ccc(C)cc4)c3=O)n2)cc1OC. The van der Waals surface area contributed by atoms with Gasteiger partial charge in [-0.15, -0.1) is 0 Å². The summed E-state index contributed by atoms with van der Waals surface area (Å²) in [6.07, 6.45) is 1.54. The molecule has 0 atom stereocenters. The molecule has 0 aliphatic rings. The Labute approximate surface area is 196 Å². The van der Waals surface area contributed by atoms with Crippen molar-refractivity contribution in [1.82, 2.24) is 20.0 Å². The second-order valence-electron chi connectivity index (χ2n) is 7.61. The number of aromatic nitrogens is 3. The van der Waals surface area contributed by atoms with Crippen molar-refractivity contribution < 1.29 is 18.8 Å². The zero-order chi connectivity index (χ0) is 24.1. The van der Waals surface area contributed by atoms with E-state index in [0.29, 0.717) is 29.4 Å². The summed E-state index contributed by atoms with van der Waals surface area (Å²) in [5.74, 6) is 1.16. The molecular weight excluding hydrogens is 436 g/mol. The minimum Gasteiger partial charge on any atom is -0.493 e. The van der Waals surface area contributed by atoms with E-state index in [-0.39, 0.29) is 23.9 Å². The molecule has 0 bridgehead atoms. The molecule has 9 heteroatoms. The number of ether oxygens (including phenoxy) is 2. The number of aryl methyl sites for hydroxylation is 1. The van der Waals surface area contributed by atoms with Crippen LogP contribution in [0.2, 0.25) is 0 Å². The number of nitrogens with one attached hydrogen (secondary N) is 1. The predicted molar refractivity (Wildman–Crippen MR) is 126 cm³/mol. The topological polar surface area (TPSA) is 108 Å². The number of nitrogens with zero attached hydrogens (tertiary/aromatic N) is 3. The van der Waals surface area contributed by atoms with Gasteiger partial charge >= 0.3 is 0 Å². The third-order valence-electron chi connectivity index (χ3n) is 5.24. The fourth-order valence-electron chi connectivity index (χ4n) is 3.37. The van der Waals surface area contributed by atoms with Gasteiger partial charge < -0.3 is 23.9 Å². The molecule has 2 heterocycles. The second-order valence-corrected chi connectivity index (χ2v) is 7.61. The van der Waals surface area contributed by atoms with Gasteiger partial charge in [-0.1, -0.05) is 35.0 Å². The molecule has 174 valence electrons. The van der Waals surface area contributed by atoms with Crippen LogP contribution >= 0.6 is 0 Å². The number of pyridine rings is 1. The van der Waals surface area contributed by atoms with E-state index in [1.807, 2.05) is 31.2 Å². The molecule has 1 N–H and O–H groups in total. The van der Waals surface area contributed by atoms with Crippen LogP contribution in [0.3, 0.4) is 0 Å². The molecule has 0 unspecified atom stereocenters. The van der Waals surface area contributed by atoms with Gasteiger partial charge in [0.05, 0.1) is 14.2 Å². The van der Waals surface area contributed by atoms with Crippen LogP contribution in [0.15, 0.2) is 70.1 Å². The van der Waals surface area contributed by atoms with E-state index >= 15 is 0 Å². The molecule has 4 aromatic rings. The van der Waals surface area contributed by atoms with Crippen LogP contribution in [-0.2, 0) is 17.9 Å². The number of rotatable bonds is 8. The molecule has 0 aliphatic heterocycles. The average molecular weight is 460 g/mol. The highest BCUT2D eigenvalue weighted by Crippen LogP contribution is 2.31. The number of hydrogen-bond donors (Lipinski definition) is 1. The van der Waals surface area contributed by atoms with Crippen molar-refractivity contribution >= 4 is 5.91 Å². The Bertz CT molecular complexity index is 1360. The van der Waals surface area contributed by atoms with Crippen molar-refractivity contribution in [2.45, 2.75) is 20.0 Å². The van der Waals surface area contributed by atoms with Gasteiger partial charge in [-0.05, 0) is 42.8 Å². The fourth-order valence-corrected chi connectivity index (χ4v) is 3.37. The van der Waals surface area contributed by atoms with Gasteiger partial charge in [0.15, 0.2) is 11.5 Å².